The van der Waals surface area contributed by atoms with Gasteiger partial charge in [-0.25, -0.2) is 0 Å². The summed E-state index contributed by atoms with van der Waals surface area (Å²) in [5, 5.41) is 3.52. The van der Waals surface area contributed by atoms with E-state index in [0.717, 1.165) is 13.0 Å². The zero-order chi connectivity index (χ0) is 11.1. The maximum Gasteiger partial charge on any atom is 0.0110 e. The van der Waals surface area contributed by atoms with E-state index in [1.165, 1.54) is 32.7 Å². The summed E-state index contributed by atoms with van der Waals surface area (Å²) in [7, 11) is 2.20. The molecule has 15 heavy (non-hydrogen) atoms. The van der Waals surface area contributed by atoms with Crippen LogP contribution in [-0.2, 0) is 0 Å². The van der Waals surface area contributed by atoms with Gasteiger partial charge in [0.25, 0.3) is 0 Å². The Kier molecular flexibility index (Phi) is 5.91. The number of hydrogen-bond acceptors (Lipinski definition) is 3. The van der Waals surface area contributed by atoms with Crippen LogP contribution in [0.15, 0.2) is 12.7 Å². The van der Waals surface area contributed by atoms with Gasteiger partial charge in [0.05, 0.1) is 0 Å². The highest BCUT2D eigenvalue weighted by molar-refractivity contribution is 4.76. The van der Waals surface area contributed by atoms with E-state index in [4.69, 9.17) is 0 Å². The summed E-state index contributed by atoms with van der Waals surface area (Å²) < 4.78 is 0. The maximum atomic E-state index is 3.75. The van der Waals surface area contributed by atoms with Gasteiger partial charge in [0, 0.05) is 45.3 Å². The van der Waals surface area contributed by atoms with Crippen molar-refractivity contribution in [1.82, 2.24) is 15.1 Å². The molecule has 1 aliphatic rings. The quantitative estimate of drug-likeness (QED) is 0.655. The van der Waals surface area contributed by atoms with Gasteiger partial charge in [0.15, 0.2) is 0 Å². The standard InChI is InChI=1S/C12H25N3/c1-4-5-12(2)13-6-7-15-10-8-14(3)9-11-15/h4,12-13H,1,5-11H2,2-3H3. The molecule has 88 valence electrons. The van der Waals surface area contributed by atoms with Crippen molar-refractivity contribution in [2.24, 2.45) is 0 Å². The van der Waals surface area contributed by atoms with Crippen LogP contribution in [0, 0.1) is 0 Å². The molecule has 0 aromatic carbocycles. The summed E-state index contributed by atoms with van der Waals surface area (Å²) in [6, 6.07) is 0.565. The van der Waals surface area contributed by atoms with Crippen LogP contribution in [-0.4, -0.2) is 62.2 Å². The fourth-order valence-electron chi connectivity index (χ4n) is 1.87. The molecule has 1 atom stereocenters. The van der Waals surface area contributed by atoms with Crippen LogP contribution in [0.1, 0.15) is 13.3 Å². The number of likely N-dealkylation sites (N-methyl/N-ethyl adjacent to an activating group) is 1. The predicted molar refractivity (Wildman–Crippen MR) is 66.2 cm³/mol. The van der Waals surface area contributed by atoms with Crippen molar-refractivity contribution in [3.63, 3.8) is 0 Å². The lowest BCUT2D eigenvalue weighted by atomic mass is 10.2. The first-order valence-corrected chi connectivity index (χ1v) is 5.97. The van der Waals surface area contributed by atoms with Crippen LogP contribution in [0.25, 0.3) is 0 Å². The van der Waals surface area contributed by atoms with Crippen molar-refractivity contribution in [2.45, 2.75) is 19.4 Å². The minimum atomic E-state index is 0.565. The first-order valence-electron chi connectivity index (χ1n) is 5.97. The van der Waals surface area contributed by atoms with Gasteiger partial charge in [0.1, 0.15) is 0 Å². The lowest BCUT2D eigenvalue weighted by Crippen LogP contribution is -2.47. The lowest BCUT2D eigenvalue weighted by molar-refractivity contribution is 0.154. The minimum Gasteiger partial charge on any atom is -0.313 e. The number of hydrogen-bond donors (Lipinski definition) is 1. The van der Waals surface area contributed by atoms with Crippen LogP contribution in [0.3, 0.4) is 0 Å². The third-order valence-electron chi connectivity index (χ3n) is 3.04. The Labute approximate surface area is 94.1 Å². The van der Waals surface area contributed by atoms with Gasteiger partial charge in [-0.3, -0.25) is 4.90 Å². The molecule has 0 aromatic rings. The molecule has 0 aromatic heterocycles. The van der Waals surface area contributed by atoms with Crippen LogP contribution >= 0.6 is 0 Å². The Morgan fingerprint density at radius 3 is 2.60 bits per heavy atom. The minimum absolute atomic E-state index is 0.565. The maximum absolute atomic E-state index is 3.75. The van der Waals surface area contributed by atoms with Gasteiger partial charge in [-0.05, 0) is 20.4 Å². The molecular formula is C12H25N3. The van der Waals surface area contributed by atoms with Gasteiger partial charge < -0.3 is 10.2 Å². The molecule has 1 saturated heterocycles. The molecule has 1 aliphatic heterocycles. The van der Waals surface area contributed by atoms with E-state index in [0.29, 0.717) is 6.04 Å². The summed E-state index contributed by atoms with van der Waals surface area (Å²) >= 11 is 0. The van der Waals surface area contributed by atoms with Gasteiger partial charge in [-0.2, -0.15) is 0 Å². The van der Waals surface area contributed by atoms with E-state index >= 15 is 0 Å². The van der Waals surface area contributed by atoms with Gasteiger partial charge in [0.2, 0.25) is 0 Å². The summed E-state index contributed by atoms with van der Waals surface area (Å²) in [5.41, 5.74) is 0. The molecular weight excluding hydrogens is 186 g/mol. The largest absolute Gasteiger partial charge is 0.313 e. The molecule has 1 N–H and O–H groups in total. The average Bonchev–Trinajstić information content (AvgIpc) is 2.21. The van der Waals surface area contributed by atoms with Gasteiger partial charge >= 0.3 is 0 Å². The summed E-state index contributed by atoms with van der Waals surface area (Å²) in [4.78, 5) is 4.93. The number of piperazine rings is 1. The van der Waals surface area contributed by atoms with Crippen LogP contribution in [0.4, 0.5) is 0 Å². The van der Waals surface area contributed by atoms with Crippen molar-refractivity contribution in [3.8, 4) is 0 Å². The van der Waals surface area contributed by atoms with Crippen LogP contribution < -0.4 is 5.32 Å². The number of nitrogens with one attached hydrogen (secondary N) is 1. The number of nitrogens with zero attached hydrogens (tertiary/aromatic N) is 2. The second-order valence-electron chi connectivity index (χ2n) is 4.52. The molecule has 0 radical (unpaired) electrons. The Morgan fingerprint density at radius 2 is 2.00 bits per heavy atom. The van der Waals surface area contributed by atoms with E-state index in [-0.39, 0.29) is 0 Å². The lowest BCUT2D eigenvalue weighted by Gasteiger charge is -2.32. The molecule has 1 rings (SSSR count). The van der Waals surface area contributed by atoms with E-state index in [9.17, 15) is 0 Å². The van der Waals surface area contributed by atoms with E-state index in [1.54, 1.807) is 0 Å². The highest BCUT2D eigenvalue weighted by atomic mass is 15.2. The zero-order valence-corrected chi connectivity index (χ0v) is 10.2. The van der Waals surface area contributed by atoms with Crippen LogP contribution in [0.5, 0.6) is 0 Å². The fourth-order valence-corrected chi connectivity index (χ4v) is 1.87. The Hall–Kier alpha value is -0.380. The first-order chi connectivity index (χ1) is 7.22. The topological polar surface area (TPSA) is 18.5 Å². The van der Waals surface area contributed by atoms with Crippen molar-refractivity contribution < 1.29 is 0 Å². The van der Waals surface area contributed by atoms with E-state index in [1.807, 2.05) is 6.08 Å². The van der Waals surface area contributed by atoms with Crippen LogP contribution in [0.2, 0.25) is 0 Å². The molecule has 1 unspecified atom stereocenters. The fraction of sp³-hybridized carbons (Fsp3) is 0.833. The molecule has 0 spiro atoms. The van der Waals surface area contributed by atoms with E-state index < -0.39 is 0 Å². The third kappa shape index (κ3) is 5.30. The Morgan fingerprint density at radius 1 is 1.33 bits per heavy atom. The van der Waals surface area contributed by atoms with Gasteiger partial charge in [-0.15, -0.1) is 6.58 Å². The second kappa shape index (κ2) is 6.99. The molecule has 3 nitrogen and oxygen atoms in total. The molecule has 0 amide bonds. The van der Waals surface area contributed by atoms with Crippen molar-refractivity contribution in [2.75, 3.05) is 46.3 Å². The normalized spacial score (nSPS) is 21.5. The Bertz CT molecular complexity index is 174. The van der Waals surface area contributed by atoms with Crippen molar-refractivity contribution in [3.05, 3.63) is 12.7 Å². The molecule has 0 aliphatic carbocycles. The summed E-state index contributed by atoms with van der Waals surface area (Å²) in [6.07, 6.45) is 3.04. The predicted octanol–water partition coefficient (Wildman–Crippen LogP) is 0.788. The summed E-state index contributed by atoms with van der Waals surface area (Å²) in [5.74, 6) is 0. The monoisotopic (exact) mass is 211 g/mol. The van der Waals surface area contributed by atoms with E-state index in [2.05, 4.69) is 35.7 Å². The van der Waals surface area contributed by atoms with Crippen molar-refractivity contribution >= 4 is 0 Å². The number of rotatable bonds is 6. The molecule has 1 fully saturated rings. The average molecular weight is 211 g/mol. The third-order valence-corrected chi connectivity index (χ3v) is 3.04. The highest BCUT2D eigenvalue weighted by Gasteiger charge is 2.12. The Balaban J connectivity index is 2.02. The molecule has 3 heteroatoms. The highest BCUT2D eigenvalue weighted by Crippen LogP contribution is 1.98. The molecule has 0 saturated carbocycles. The zero-order valence-electron chi connectivity index (χ0n) is 10.2. The SMILES string of the molecule is C=CCC(C)NCCN1CCN(C)CC1. The molecule has 1 heterocycles. The smallest absolute Gasteiger partial charge is 0.0110 e. The second-order valence-corrected chi connectivity index (χ2v) is 4.52. The summed E-state index contributed by atoms with van der Waals surface area (Å²) in [6.45, 7) is 13.1. The van der Waals surface area contributed by atoms with Crippen molar-refractivity contribution in [1.29, 1.82) is 0 Å². The molecule has 0 bridgehead atoms. The van der Waals surface area contributed by atoms with Gasteiger partial charge in [-0.1, -0.05) is 6.08 Å². The first kappa shape index (κ1) is 12.7.